The number of carbonyl (C=O) groups excluding carboxylic acids is 1. The summed E-state index contributed by atoms with van der Waals surface area (Å²) >= 11 is 2.97. The molecule has 1 amide bonds. The molecule has 0 spiro atoms. The molecule has 1 aromatic rings. The van der Waals surface area contributed by atoms with Crippen LogP contribution in [0.2, 0.25) is 0 Å². The van der Waals surface area contributed by atoms with E-state index in [1.807, 2.05) is 0 Å². The van der Waals surface area contributed by atoms with Crippen LogP contribution >= 0.6 is 15.9 Å². The molecule has 1 saturated heterocycles. The summed E-state index contributed by atoms with van der Waals surface area (Å²) in [6.07, 6.45) is 0.927. The molecular weight excluding hydrogens is 348 g/mol. The Morgan fingerprint density at radius 3 is 2.60 bits per heavy atom. The fourth-order valence-electron chi connectivity index (χ4n) is 2.25. The van der Waals surface area contributed by atoms with Gasteiger partial charge in [-0.15, -0.1) is 0 Å². The highest BCUT2D eigenvalue weighted by Gasteiger charge is 2.30. The summed E-state index contributed by atoms with van der Waals surface area (Å²) in [5, 5.41) is 5.05. The zero-order valence-electron chi connectivity index (χ0n) is 11.3. The lowest BCUT2D eigenvalue weighted by atomic mass is 9.88. The van der Waals surface area contributed by atoms with Crippen LogP contribution in [0.3, 0.4) is 0 Å². The van der Waals surface area contributed by atoms with Crippen LogP contribution in [-0.4, -0.2) is 32.3 Å². The second-order valence-electron chi connectivity index (χ2n) is 5.29. The molecule has 2 unspecified atom stereocenters. The minimum atomic E-state index is -3.91. The molecule has 112 valence electrons. The van der Waals surface area contributed by atoms with Crippen molar-refractivity contribution in [1.82, 2.24) is 4.90 Å². The van der Waals surface area contributed by atoms with Crippen molar-refractivity contribution >= 4 is 31.9 Å². The normalized spacial score (nSPS) is 23.9. The summed E-state index contributed by atoms with van der Waals surface area (Å²) in [5.41, 5.74) is 0. The number of hydrogen-bond donors (Lipinski definition) is 1. The Morgan fingerprint density at radius 2 is 2.10 bits per heavy atom. The van der Waals surface area contributed by atoms with Gasteiger partial charge in [0, 0.05) is 19.2 Å². The molecule has 2 heterocycles. The molecule has 8 heteroatoms. The van der Waals surface area contributed by atoms with Crippen LogP contribution in [0.1, 0.15) is 30.8 Å². The summed E-state index contributed by atoms with van der Waals surface area (Å²) < 4.78 is 27.8. The van der Waals surface area contributed by atoms with E-state index in [-0.39, 0.29) is 21.2 Å². The molecule has 1 fully saturated rings. The Labute approximate surface area is 126 Å². The number of furan rings is 1. The van der Waals surface area contributed by atoms with Gasteiger partial charge in [-0.3, -0.25) is 4.79 Å². The number of primary sulfonamides is 1. The van der Waals surface area contributed by atoms with Crippen LogP contribution in [0, 0.1) is 11.8 Å². The van der Waals surface area contributed by atoms with Gasteiger partial charge in [0.05, 0.1) is 0 Å². The average molecular weight is 365 g/mol. The van der Waals surface area contributed by atoms with E-state index >= 15 is 0 Å². The molecule has 2 rings (SSSR count). The number of halogens is 1. The maximum atomic E-state index is 12.3. The van der Waals surface area contributed by atoms with Crippen molar-refractivity contribution in [3.8, 4) is 0 Å². The van der Waals surface area contributed by atoms with Crippen molar-refractivity contribution in [1.29, 1.82) is 0 Å². The lowest BCUT2D eigenvalue weighted by Crippen LogP contribution is -2.42. The third-order valence-corrected chi connectivity index (χ3v) is 5.56. The van der Waals surface area contributed by atoms with Crippen molar-refractivity contribution in [3.63, 3.8) is 0 Å². The summed E-state index contributed by atoms with van der Waals surface area (Å²) in [7, 11) is -3.91. The number of nitrogens with two attached hydrogens (primary N) is 1. The molecule has 1 aliphatic rings. The number of nitrogens with zero attached hydrogens (tertiary/aromatic N) is 1. The van der Waals surface area contributed by atoms with Gasteiger partial charge in [-0.2, -0.15) is 0 Å². The minimum absolute atomic E-state index is 0.0114. The average Bonchev–Trinajstić information content (AvgIpc) is 2.74. The van der Waals surface area contributed by atoms with Gasteiger partial charge in [0.15, 0.2) is 10.4 Å². The number of rotatable bonds is 2. The molecule has 20 heavy (non-hydrogen) atoms. The van der Waals surface area contributed by atoms with Crippen molar-refractivity contribution < 1.29 is 17.6 Å². The molecule has 0 aromatic carbocycles. The van der Waals surface area contributed by atoms with E-state index in [1.165, 1.54) is 6.07 Å². The Hall–Kier alpha value is -0.860. The first-order valence-corrected chi connectivity index (χ1v) is 8.65. The van der Waals surface area contributed by atoms with Crippen LogP contribution in [0.4, 0.5) is 0 Å². The predicted octanol–water partition coefficient (Wildman–Crippen LogP) is 1.81. The highest BCUT2D eigenvalue weighted by molar-refractivity contribution is 9.10. The molecule has 2 atom stereocenters. The minimum Gasteiger partial charge on any atom is -0.443 e. The molecular formula is C12H17BrN2O4S. The first-order valence-electron chi connectivity index (χ1n) is 6.31. The molecule has 1 aromatic heterocycles. The Kier molecular flexibility index (Phi) is 4.27. The van der Waals surface area contributed by atoms with Gasteiger partial charge in [0.2, 0.25) is 10.0 Å². The topological polar surface area (TPSA) is 93.6 Å². The molecule has 6 nitrogen and oxygen atoms in total. The largest absolute Gasteiger partial charge is 0.443 e. The third kappa shape index (κ3) is 3.07. The summed E-state index contributed by atoms with van der Waals surface area (Å²) in [5.74, 6) is 0.660. The van der Waals surface area contributed by atoms with E-state index in [0.29, 0.717) is 24.9 Å². The first-order chi connectivity index (χ1) is 9.20. The fourth-order valence-corrected chi connectivity index (χ4v) is 3.76. The number of hydrogen-bond acceptors (Lipinski definition) is 4. The van der Waals surface area contributed by atoms with Crippen LogP contribution in [0.15, 0.2) is 20.0 Å². The maximum Gasteiger partial charge on any atom is 0.289 e. The van der Waals surface area contributed by atoms with E-state index < -0.39 is 10.0 Å². The molecule has 0 aliphatic carbocycles. The molecule has 1 aliphatic heterocycles. The number of sulfonamides is 1. The second-order valence-corrected chi connectivity index (χ2v) is 7.54. The van der Waals surface area contributed by atoms with Crippen LogP contribution in [0.25, 0.3) is 0 Å². The van der Waals surface area contributed by atoms with Gasteiger partial charge in [-0.1, -0.05) is 13.8 Å². The van der Waals surface area contributed by atoms with Gasteiger partial charge in [-0.05, 0) is 34.2 Å². The zero-order valence-corrected chi connectivity index (χ0v) is 13.7. The predicted molar refractivity (Wildman–Crippen MR) is 76.6 cm³/mol. The van der Waals surface area contributed by atoms with E-state index in [2.05, 4.69) is 29.8 Å². The van der Waals surface area contributed by atoms with E-state index in [4.69, 9.17) is 9.56 Å². The van der Waals surface area contributed by atoms with Gasteiger partial charge in [0.1, 0.15) is 4.90 Å². The molecule has 0 saturated carbocycles. The standard InChI is InChI=1S/C12H17BrN2O4S/c1-7-3-4-15(6-8(7)2)12(16)9-5-10(11(13)19-9)20(14,17)18/h5,7-8H,3-4,6H2,1-2H3,(H2,14,17,18). The number of likely N-dealkylation sites (tertiary alicyclic amines) is 1. The van der Waals surface area contributed by atoms with Crippen molar-refractivity contribution in [2.24, 2.45) is 17.0 Å². The molecule has 2 N–H and O–H groups in total. The molecule has 0 bridgehead atoms. The Balaban J connectivity index is 2.22. The Morgan fingerprint density at radius 1 is 1.45 bits per heavy atom. The zero-order chi connectivity index (χ0) is 15.1. The Bertz CT molecular complexity index is 625. The maximum absolute atomic E-state index is 12.3. The van der Waals surface area contributed by atoms with Crippen LogP contribution < -0.4 is 5.14 Å². The SMILES string of the molecule is CC1CCN(C(=O)c2cc(S(N)(=O)=O)c(Br)o2)CC1C. The third-order valence-electron chi connectivity index (χ3n) is 3.79. The summed E-state index contributed by atoms with van der Waals surface area (Å²) in [4.78, 5) is 13.8. The summed E-state index contributed by atoms with van der Waals surface area (Å²) in [6.45, 7) is 5.55. The second kappa shape index (κ2) is 5.50. The van der Waals surface area contributed by atoms with Gasteiger partial charge >= 0.3 is 0 Å². The highest BCUT2D eigenvalue weighted by atomic mass is 79.9. The van der Waals surface area contributed by atoms with Gasteiger partial charge < -0.3 is 9.32 Å². The lowest BCUT2D eigenvalue weighted by molar-refractivity contribution is 0.0594. The first kappa shape index (κ1) is 15.5. The van der Waals surface area contributed by atoms with Crippen LogP contribution in [-0.2, 0) is 10.0 Å². The van der Waals surface area contributed by atoms with E-state index in [0.717, 1.165) is 6.42 Å². The number of piperidine rings is 1. The van der Waals surface area contributed by atoms with Gasteiger partial charge in [0.25, 0.3) is 5.91 Å². The van der Waals surface area contributed by atoms with Crippen LogP contribution in [0.5, 0.6) is 0 Å². The van der Waals surface area contributed by atoms with Crippen molar-refractivity contribution in [2.75, 3.05) is 13.1 Å². The monoisotopic (exact) mass is 364 g/mol. The van der Waals surface area contributed by atoms with Crippen molar-refractivity contribution in [3.05, 3.63) is 16.5 Å². The number of amides is 1. The highest BCUT2D eigenvalue weighted by Crippen LogP contribution is 2.28. The molecule has 0 radical (unpaired) electrons. The smallest absolute Gasteiger partial charge is 0.289 e. The van der Waals surface area contributed by atoms with E-state index in [1.54, 1.807) is 4.90 Å². The lowest BCUT2D eigenvalue weighted by Gasteiger charge is -2.34. The quantitative estimate of drug-likeness (QED) is 0.865. The van der Waals surface area contributed by atoms with Crippen molar-refractivity contribution in [2.45, 2.75) is 25.2 Å². The summed E-state index contributed by atoms with van der Waals surface area (Å²) in [6, 6.07) is 1.17. The van der Waals surface area contributed by atoms with E-state index in [9.17, 15) is 13.2 Å². The fraction of sp³-hybridized carbons (Fsp3) is 0.583. The number of carbonyl (C=O) groups is 1. The van der Waals surface area contributed by atoms with Gasteiger partial charge in [-0.25, -0.2) is 13.6 Å².